The third kappa shape index (κ3) is 3.55. The van der Waals surface area contributed by atoms with Crippen LogP contribution in [0.4, 0.5) is 5.82 Å². The van der Waals surface area contributed by atoms with Gasteiger partial charge in [0.15, 0.2) is 5.78 Å². The van der Waals surface area contributed by atoms with Crippen molar-refractivity contribution in [1.82, 2.24) is 9.88 Å². The molecular weight excluding hydrogens is 254 g/mol. The molecule has 1 N–H and O–H groups in total. The lowest BCUT2D eigenvalue weighted by atomic mass is 10.1. The molecule has 0 amide bonds. The molecule has 1 saturated heterocycles. The standard InChI is InChI=1S/C15H23N3O2/c1-11-9-17(10-12(2)19)6-7-18(11)15-5-4-14(8-16-15)13(3)20/h4-5,8,11-12,19H,6-7,9-10H2,1-3H3. The fraction of sp³-hybridized carbons (Fsp3) is 0.600. The van der Waals surface area contributed by atoms with Crippen LogP contribution in [0.25, 0.3) is 0 Å². The number of carbonyl (C=O) groups excluding carboxylic acids is 1. The minimum atomic E-state index is -0.290. The van der Waals surface area contributed by atoms with E-state index in [-0.39, 0.29) is 11.9 Å². The van der Waals surface area contributed by atoms with Gasteiger partial charge in [-0.1, -0.05) is 0 Å². The molecular formula is C15H23N3O2. The summed E-state index contributed by atoms with van der Waals surface area (Å²) in [6, 6.07) is 4.09. The van der Waals surface area contributed by atoms with Crippen LogP contribution in [0.2, 0.25) is 0 Å². The molecule has 1 fully saturated rings. The van der Waals surface area contributed by atoms with Crippen molar-refractivity contribution >= 4 is 11.6 Å². The number of piperazine rings is 1. The van der Waals surface area contributed by atoms with Crippen LogP contribution in [0, 0.1) is 0 Å². The zero-order chi connectivity index (χ0) is 14.7. The molecule has 1 aromatic rings. The van der Waals surface area contributed by atoms with Crippen LogP contribution in [-0.4, -0.2) is 59.1 Å². The summed E-state index contributed by atoms with van der Waals surface area (Å²) in [5.41, 5.74) is 0.647. The summed E-state index contributed by atoms with van der Waals surface area (Å²) in [6.07, 6.45) is 1.36. The van der Waals surface area contributed by atoms with Crippen LogP contribution in [0.5, 0.6) is 0 Å². The maximum Gasteiger partial charge on any atom is 0.161 e. The molecule has 1 aliphatic rings. The topological polar surface area (TPSA) is 56.7 Å². The van der Waals surface area contributed by atoms with Crippen molar-refractivity contribution in [2.75, 3.05) is 31.1 Å². The Labute approximate surface area is 120 Å². The van der Waals surface area contributed by atoms with Crippen molar-refractivity contribution in [3.8, 4) is 0 Å². The van der Waals surface area contributed by atoms with Crippen LogP contribution in [0.3, 0.4) is 0 Å². The zero-order valence-electron chi connectivity index (χ0n) is 12.4. The van der Waals surface area contributed by atoms with E-state index in [1.807, 2.05) is 19.1 Å². The largest absolute Gasteiger partial charge is 0.392 e. The number of ketones is 1. The van der Waals surface area contributed by atoms with Gasteiger partial charge in [0, 0.05) is 44.0 Å². The Morgan fingerprint density at radius 2 is 2.25 bits per heavy atom. The average Bonchev–Trinajstić information content (AvgIpc) is 2.38. The molecule has 0 bridgehead atoms. The van der Waals surface area contributed by atoms with Crippen molar-refractivity contribution in [3.63, 3.8) is 0 Å². The van der Waals surface area contributed by atoms with E-state index in [4.69, 9.17) is 0 Å². The SMILES string of the molecule is CC(=O)c1ccc(N2CCN(CC(C)O)CC2C)nc1. The summed E-state index contributed by atoms with van der Waals surface area (Å²) in [4.78, 5) is 20.2. The average molecular weight is 277 g/mol. The summed E-state index contributed by atoms with van der Waals surface area (Å²) in [6.45, 7) is 8.98. The molecule has 0 spiro atoms. The molecule has 5 nitrogen and oxygen atoms in total. The van der Waals surface area contributed by atoms with Gasteiger partial charge in [0.2, 0.25) is 0 Å². The minimum Gasteiger partial charge on any atom is -0.392 e. The van der Waals surface area contributed by atoms with E-state index in [2.05, 4.69) is 21.7 Å². The maximum absolute atomic E-state index is 11.3. The molecule has 1 aliphatic heterocycles. The normalized spacial score (nSPS) is 21.8. The second kappa shape index (κ2) is 6.33. The summed E-state index contributed by atoms with van der Waals surface area (Å²) in [7, 11) is 0. The van der Waals surface area contributed by atoms with Gasteiger partial charge < -0.3 is 10.0 Å². The Bertz CT molecular complexity index is 459. The van der Waals surface area contributed by atoms with Crippen molar-refractivity contribution in [1.29, 1.82) is 0 Å². The predicted molar refractivity (Wildman–Crippen MR) is 79.2 cm³/mol. The van der Waals surface area contributed by atoms with Gasteiger partial charge in [0.05, 0.1) is 6.10 Å². The number of aromatic nitrogens is 1. The van der Waals surface area contributed by atoms with Gasteiger partial charge >= 0.3 is 0 Å². The number of hydrogen-bond acceptors (Lipinski definition) is 5. The van der Waals surface area contributed by atoms with Crippen LogP contribution in [0.15, 0.2) is 18.3 Å². The van der Waals surface area contributed by atoms with Gasteiger partial charge in [0.25, 0.3) is 0 Å². The molecule has 2 atom stereocenters. The number of rotatable bonds is 4. The number of carbonyl (C=O) groups is 1. The van der Waals surface area contributed by atoms with Gasteiger partial charge in [-0.05, 0) is 32.9 Å². The van der Waals surface area contributed by atoms with E-state index in [0.717, 1.165) is 32.0 Å². The quantitative estimate of drug-likeness (QED) is 0.837. The molecule has 1 aromatic heterocycles. The second-order valence-corrected chi connectivity index (χ2v) is 5.61. The first-order chi connectivity index (χ1) is 9.47. The van der Waals surface area contributed by atoms with Crippen molar-refractivity contribution in [3.05, 3.63) is 23.9 Å². The lowest BCUT2D eigenvalue weighted by Gasteiger charge is -2.41. The number of aliphatic hydroxyl groups is 1. The van der Waals surface area contributed by atoms with Gasteiger partial charge in [-0.25, -0.2) is 4.98 Å². The summed E-state index contributed by atoms with van der Waals surface area (Å²) in [5, 5.41) is 9.46. The Morgan fingerprint density at radius 1 is 1.50 bits per heavy atom. The summed E-state index contributed by atoms with van der Waals surface area (Å²) < 4.78 is 0. The van der Waals surface area contributed by atoms with Crippen molar-refractivity contribution < 1.29 is 9.90 Å². The predicted octanol–water partition coefficient (Wildman–Crippen LogP) is 1.18. The highest BCUT2D eigenvalue weighted by Gasteiger charge is 2.25. The molecule has 20 heavy (non-hydrogen) atoms. The molecule has 2 heterocycles. The summed E-state index contributed by atoms with van der Waals surface area (Å²) in [5.74, 6) is 0.957. The Kier molecular flexibility index (Phi) is 4.73. The molecule has 0 radical (unpaired) electrons. The third-order valence-corrected chi connectivity index (χ3v) is 3.68. The van der Waals surface area contributed by atoms with E-state index in [1.165, 1.54) is 0 Å². The first-order valence-corrected chi connectivity index (χ1v) is 7.11. The molecule has 0 aromatic carbocycles. The highest BCUT2D eigenvalue weighted by molar-refractivity contribution is 5.93. The van der Waals surface area contributed by atoms with E-state index in [0.29, 0.717) is 11.6 Å². The zero-order valence-corrected chi connectivity index (χ0v) is 12.4. The Morgan fingerprint density at radius 3 is 2.75 bits per heavy atom. The number of aliphatic hydroxyl groups excluding tert-OH is 1. The number of anilines is 1. The highest BCUT2D eigenvalue weighted by atomic mass is 16.3. The molecule has 5 heteroatoms. The van der Waals surface area contributed by atoms with Gasteiger partial charge in [-0.2, -0.15) is 0 Å². The first kappa shape index (κ1) is 14.9. The minimum absolute atomic E-state index is 0.0406. The van der Waals surface area contributed by atoms with Crippen molar-refractivity contribution in [2.24, 2.45) is 0 Å². The first-order valence-electron chi connectivity index (χ1n) is 7.11. The monoisotopic (exact) mass is 277 g/mol. The molecule has 2 rings (SSSR count). The van der Waals surface area contributed by atoms with Crippen LogP contribution in [0.1, 0.15) is 31.1 Å². The van der Waals surface area contributed by atoms with E-state index >= 15 is 0 Å². The van der Waals surface area contributed by atoms with Gasteiger partial charge in [-0.15, -0.1) is 0 Å². The summed E-state index contributed by atoms with van der Waals surface area (Å²) >= 11 is 0. The Hall–Kier alpha value is -1.46. The molecule has 110 valence electrons. The lowest BCUT2D eigenvalue weighted by Crippen LogP contribution is -2.53. The second-order valence-electron chi connectivity index (χ2n) is 5.61. The fourth-order valence-corrected chi connectivity index (χ4v) is 2.68. The smallest absolute Gasteiger partial charge is 0.161 e. The third-order valence-electron chi connectivity index (χ3n) is 3.68. The lowest BCUT2D eigenvalue weighted by molar-refractivity contribution is 0.101. The molecule has 2 unspecified atom stereocenters. The molecule has 0 saturated carbocycles. The molecule has 0 aliphatic carbocycles. The van der Waals surface area contributed by atoms with E-state index in [1.54, 1.807) is 13.1 Å². The van der Waals surface area contributed by atoms with Crippen molar-refractivity contribution in [2.45, 2.75) is 32.9 Å². The fourth-order valence-electron chi connectivity index (χ4n) is 2.68. The number of pyridine rings is 1. The number of nitrogens with zero attached hydrogens (tertiary/aromatic N) is 3. The number of Topliss-reactive ketones (excluding diaryl/α,β-unsaturated/α-hetero) is 1. The van der Waals surface area contributed by atoms with Gasteiger partial charge in [0.1, 0.15) is 5.82 Å². The van der Waals surface area contributed by atoms with E-state index < -0.39 is 0 Å². The maximum atomic E-state index is 11.3. The van der Waals surface area contributed by atoms with Crippen LogP contribution < -0.4 is 4.90 Å². The number of β-amino-alcohol motifs (C(OH)–C–C–N with tert-alkyl or cyclic N) is 1. The van der Waals surface area contributed by atoms with E-state index in [9.17, 15) is 9.90 Å². The van der Waals surface area contributed by atoms with Crippen LogP contribution >= 0.6 is 0 Å². The number of hydrogen-bond donors (Lipinski definition) is 1. The van der Waals surface area contributed by atoms with Crippen LogP contribution in [-0.2, 0) is 0 Å². The Balaban J connectivity index is 2.01. The van der Waals surface area contributed by atoms with Gasteiger partial charge in [-0.3, -0.25) is 9.69 Å². The highest BCUT2D eigenvalue weighted by Crippen LogP contribution is 2.18.